The predicted molar refractivity (Wildman–Crippen MR) is 58.7 cm³/mol. The normalized spacial score (nSPS) is 18.8. The summed E-state index contributed by atoms with van der Waals surface area (Å²) in [7, 11) is 1.95. The summed E-state index contributed by atoms with van der Waals surface area (Å²) in [5.74, 6) is 0. The standard InChI is InChI=1S/C11H19N3O/c1-11(8-15-9-11)7-12-5-3-10-4-6-14(2)13-10/h4,6,12H,3,5,7-9H2,1-2H3. The van der Waals surface area contributed by atoms with E-state index in [4.69, 9.17) is 4.74 Å². The van der Waals surface area contributed by atoms with Gasteiger partial charge in [-0.3, -0.25) is 4.68 Å². The first kappa shape index (κ1) is 10.6. The van der Waals surface area contributed by atoms with Gasteiger partial charge in [-0.05, 0) is 6.07 Å². The third-order valence-electron chi connectivity index (χ3n) is 2.78. The lowest BCUT2D eigenvalue weighted by atomic mass is 9.89. The molecule has 1 aromatic heterocycles. The Kier molecular flexibility index (Phi) is 3.07. The van der Waals surface area contributed by atoms with Crippen molar-refractivity contribution in [1.29, 1.82) is 0 Å². The fourth-order valence-electron chi connectivity index (χ4n) is 1.76. The molecule has 15 heavy (non-hydrogen) atoms. The first-order valence-electron chi connectivity index (χ1n) is 5.45. The lowest BCUT2D eigenvalue weighted by Crippen LogP contribution is -2.47. The summed E-state index contributed by atoms with van der Waals surface area (Å²) in [4.78, 5) is 0. The molecule has 0 spiro atoms. The summed E-state index contributed by atoms with van der Waals surface area (Å²) >= 11 is 0. The number of nitrogens with one attached hydrogen (secondary N) is 1. The molecule has 0 radical (unpaired) electrons. The summed E-state index contributed by atoms with van der Waals surface area (Å²) in [5, 5.41) is 7.79. The van der Waals surface area contributed by atoms with Crippen LogP contribution in [0.5, 0.6) is 0 Å². The van der Waals surface area contributed by atoms with E-state index in [0.717, 1.165) is 38.4 Å². The SMILES string of the molecule is Cn1ccc(CCNCC2(C)COC2)n1. The van der Waals surface area contributed by atoms with Crippen molar-refractivity contribution in [3.8, 4) is 0 Å². The molecule has 1 saturated heterocycles. The average molecular weight is 209 g/mol. The number of aryl methyl sites for hydroxylation is 1. The second kappa shape index (κ2) is 4.33. The van der Waals surface area contributed by atoms with Gasteiger partial charge in [-0.15, -0.1) is 0 Å². The summed E-state index contributed by atoms with van der Waals surface area (Å²) in [5.41, 5.74) is 1.52. The molecule has 84 valence electrons. The molecular weight excluding hydrogens is 190 g/mol. The second-order valence-corrected chi connectivity index (χ2v) is 4.71. The highest BCUT2D eigenvalue weighted by molar-refractivity contribution is 4.99. The fraction of sp³-hybridized carbons (Fsp3) is 0.727. The Bertz CT molecular complexity index is 317. The van der Waals surface area contributed by atoms with E-state index in [-0.39, 0.29) is 0 Å². The van der Waals surface area contributed by atoms with E-state index in [2.05, 4.69) is 23.4 Å². The van der Waals surface area contributed by atoms with Crippen molar-refractivity contribution in [2.24, 2.45) is 12.5 Å². The summed E-state index contributed by atoms with van der Waals surface area (Å²) < 4.78 is 7.04. The molecule has 1 aromatic rings. The maximum absolute atomic E-state index is 5.20. The minimum Gasteiger partial charge on any atom is -0.380 e. The minimum atomic E-state index is 0.365. The van der Waals surface area contributed by atoms with E-state index in [1.807, 2.05) is 17.9 Å². The summed E-state index contributed by atoms with van der Waals surface area (Å²) in [6.45, 7) is 6.07. The smallest absolute Gasteiger partial charge is 0.0637 e. The van der Waals surface area contributed by atoms with Crippen molar-refractivity contribution < 1.29 is 4.74 Å². The van der Waals surface area contributed by atoms with Crippen LogP contribution in [0.4, 0.5) is 0 Å². The number of hydrogen-bond donors (Lipinski definition) is 1. The van der Waals surface area contributed by atoms with Gasteiger partial charge in [0.15, 0.2) is 0 Å². The fourth-order valence-corrected chi connectivity index (χ4v) is 1.76. The lowest BCUT2D eigenvalue weighted by Gasteiger charge is -2.38. The Labute approximate surface area is 90.6 Å². The monoisotopic (exact) mass is 209 g/mol. The molecule has 1 N–H and O–H groups in total. The van der Waals surface area contributed by atoms with Crippen LogP contribution in [0.1, 0.15) is 12.6 Å². The molecule has 4 nitrogen and oxygen atoms in total. The lowest BCUT2D eigenvalue weighted by molar-refractivity contribution is -0.0988. The van der Waals surface area contributed by atoms with Gasteiger partial charge in [0.2, 0.25) is 0 Å². The van der Waals surface area contributed by atoms with Gasteiger partial charge in [-0.1, -0.05) is 6.92 Å². The van der Waals surface area contributed by atoms with Crippen molar-refractivity contribution in [3.63, 3.8) is 0 Å². The number of ether oxygens (including phenoxy) is 1. The maximum Gasteiger partial charge on any atom is 0.0637 e. The van der Waals surface area contributed by atoms with Crippen LogP contribution in [0.3, 0.4) is 0 Å². The summed E-state index contributed by atoms with van der Waals surface area (Å²) in [6.07, 6.45) is 2.98. The van der Waals surface area contributed by atoms with Gasteiger partial charge in [0.25, 0.3) is 0 Å². The van der Waals surface area contributed by atoms with Crippen LogP contribution in [0.2, 0.25) is 0 Å². The largest absolute Gasteiger partial charge is 0.380 e. The molecular formula is C11H19N3O. The van der Waals surface area contributed by atoms with Crippen LogP contribution in [-0.2, 0) is 18.2 Å². The van der Waals surface area contributed by atoms with Gasteiger partial charge in [-0.2, -0.15) is 5.10 Å². The molecule has 0 atom stereocenters. The van der Waals surface area contributed by atoms with Crippen LogP contribution in [0, 0.1) is 5.41 Å². The quantitative estimate of drug-likeness (QED) is 0.721. The highest BCUT2D eigenvalue weighted by Gasteiger charge is 2.32. The number of rotatable bonds is 5. The van der Waals surface area contributed by atoms with Crippen LogP contribution >= 0.6 is 0 Å². The number of hydrogen-bond acceptors (Lipinski definition) is 3. The zero-order chi connectivity index (χ0) is 10.7. The number of nitrogens with zero attached hydrogens (tertiary/aromatic N) is 2. The summed E-state index contributed by atoms with van der Waals surface area (Å²) in [6, 6.07) is 2.07. The van der Waals surface area contributed by atoms with Crippen molar-refractivity contribution >= 4 is 0 Å². The van der Waals surface area contributed by atoms with Crippen LogP contribution in [-0.4, -0.2) is 36.1 Å². The van der Waals surface area contributed by atoms with E-state index < -0.39 is 0 Å². The van der Waals surface area contributed by atoms with Crippen molar-refractivity contribution in [2.75, 3.05) is 26.3 Å². The molecule has 1 aliphatic heterocycles. The molecule has 1 aliphatic rings. The van der Waals surface area contributed by atoms with Gasteiger partial charge in [0, 0.05) is 38.2 Å². The number of aromatic nitrogens is 2. The Morgan fingerprint density at radius 2 is 2.40 bits per heavy atom. The Balaban J connectivity index is 1.63. The third kappa shape index (κ3) is 2.79. The van der Waals surface area contributed by atoms with Crippen molar-refractivity contribution in [3.05, 3.63) is 18.0 Å². The molecule has 0 saturated carbocycles. The molecule has 0 amide bonds. The topological polar surface area (TPSA) is 39.1 Å². The van der Waals surface area contributed by atoms with E-state index in [0.29, 0.717) is 5.41 Å². The van der Waals surface area contributed by atoms with Gasteiger partial charge < -0.3 is 10.1 Å². The van der Waals surface area contributed by atoms with Crippen LogP contribution < -0.4 is 5.32 Å². The molecule has 4 heteroatoms. The van der Waals surface area contributed by atoms with E-state index in [1.54, 1.807) is 0 Å². The first-order valence-corrected chi connectivity index (χ1v) is 5.45. The zero-order valence-electron chi connectivity index (χ0n) is 9.49. The average Bonchev–Trinajstić information content (AvgIpc) is 2.56. The van der Waals surface area contributed by atoms with Gasteiger partial charge >= 0.3 is 0 Å². The van der Waals surface area contributed by atoms with E-state index >= 15 is 0 Å². The zero-order valence-corrected chi connectivity index (χ0v) is 9.49. The van der Waals surface area contributed by atoms with E-state index in [9.17, 15) is 0 Å². The van der Waals surface area contributed by atoms with Gasteiger partial charge in [-0.25, -0.2) is 0 Å². The predicted octanol–water partition coefficient (Wildman–Crippen LogP) is 0.589. The highest BCUT2D eigenvalue weighted by Crippen LogP contribution is 2.24. The molecule has 2 heterocycles. The Hall–Kier alpha value is -0.870. The third-order valence-corrected chi connectivity index (χ3v) is 2.78. The molecule has 0 aliphatic carbocycles. The van der Waals surface area contributed by atoms with E-state index in [1.165, 1.54) is 0 Å². The first-order chi connectivity index (χ1) is 7.18. The molecule has 0 unspecified atom stereocenters. The van der Waals surface area contributed by atoms with Gasteiger partial charge in [0.05, 0.1) is 18.9 Å². The Morgan fingerprint density at radius 1 is 1.60 bits per heavy atom. The molecule has 1 fully saturated rings. The van der Waals surface area contributed by atoms with Crippen molar-refractivity contribution in [1.82, 2.24) is 15.1 Å². The minimum absolute atomic E-state index is 0.365. The molecule has 0 bridgehead atoms. The van der Waals surface area contributed by atoms with Gasteiger partial charge in [0.1, 0.15) is 0 Å². The van der Waals surface area contributed by atoms with Crippen molar-refractivity contribution in [2.45, 2.75) is 13.3 Å². The molecule has 2 rings (SSSR count). The second-order valence-electron chi connectivity index (χ2n) is 4.71. The maximum atomic E-state index is 5.20. The molecule has 0 aromatic carbocycles. The van der Waals surface area contributed by atoms with Crippen LogP contribution in [0.25, 0.3) is 0 Å². The Morgan fingerprint density at radius 3 is 2.93 bits per heavy atom. The van der Waals surface area contributed by atoms with Crippen LogP contribution in [0.15, 0.2) is 12.3 Å². The highest BCUT2D eigenvalue weighted by atomic mass is 16.5.